The Morgan fingerprint density at radius 3 is 2.50 bits per heavy atom. The molecular formula is C16H22Cl2N2. The highest BCUT2D eigenvalue weighted by atomic mass is 35.5. The van der Waals surface area contributed by atoms with Crippen molar-refractivity contribution in [2.45, 2.75) is 44.2 Å². The second kappa shape index (κ2) is 6.23. The topological polar surface area (TPSA) is 15.3 Å². The zero-order valence-electron chi connectivity index (χ0n) is 11.8. The summed E-state index contributed by atoms with van der Waals surface area (Å²) in [5, 5.41) is 5.17. The first kappa shape index (κ1) is 14.6. The Morgan fingerprint density at radius 2 is 1.80 bits per heavy atom. The van der Waals surface area contributed by atoms with E-state index in [1.165, 1.54) is 32.1 Å². The number of hydrogen-bond acceptors (Lipinski definition) is 2. The van der Waals surface area contributed by atoms with Gasteiger partial charge in [-0.25, -0.2) is 0 Å². The van der Waals surface area contributed by atoms with E-state index < -0.39 is 0 Å². The van der Waals surface area contributed by atoms with Gasteiger partial charge < -0.3 is 5.32 Å². The quantitative estimate of drug-likeness (QED) is 0.884. The second-order valence-electron chi connectivity index (χ2n) is 6.08. The molecule has 1 saturated carbocycles. The molecule has 1 aromatic rings. The zero-order valence-corrected chi connectivity index (χ0v) is 13.3. The van der Waals surface area contributed by atoms with E-state index in [-0.39, 0.29) is 0 Å². The number of halogens is 2. The molecule has 0 aromatic heterocycles. The largest absolute Gasteiger partial charge is 0.314 e. The lowest BCUT2D eigenvalue weighted by Crippen LogP contribution is -2.61. The van der Waals surface area contributed by atoms with Crippen LogP contribution in [0.15, 0.2) is 18.2 Å². The molecule has 0 atom stereocenters. The van der Waals surface area contributed by atoms with Crippen LogP contribution in [0.5, 0.6) is 0 Å². The molecule has 1 saturated heterocycles. The van der Waals surface area contributed by atoms with Crippen molar-refractivity contribution in [3.63, 3.8) is 0 Å². The van der Waals surface area contributed by atoms with Crippen LogP contribution in [-0.4, -0.2) is 30.1 Å². The summed E-state index contributed by atoms with van der Waals surface area (Å²) < 4.78 is 0. The van der Waals surface area contributed by atoms with E-state index in [1.807, 2.05) is 18.2 Å². The van der Waals surface area contributed by atoms with Gasteiger partial charge in [0, 0.05) is 47.3 Å². The highest BCUT2D eigenvalue weighted by Gasteiger charge is 2.39. The van der Waals surface area contributed by atoms with Crippen LogP contribution < -0.4 is 5.32 Å². The minimum Gasteiger partial charge on any atom is -0.314 e. The van der Waals surface area contributed by atoms with Crippen molar-refractivity contribution in [1.82, 2.24) is 10.2 Å². The molecule has 0 bridgehead atoms. The Kier molecular flexibility index (Phi) is 4.56. The molecule has 0 unspecified atom stereocenters. The van der Waals surface area contributed by atoms with Gasteiger partial charge in [0.25, 0.3) is 0 Å². The van der Waals surface area contributed by atoms with Crippen LogP contribution in [-0.2, 0) is 6.54 Å². The van der Waals surface area contributed by atoms with Crippen molar-refractivity contribution in [3.05, 3.63) is 33.8 Å². The van der Waals surface area contributed by atoms with Gasteiger partial charge in [-0.3, -0.25) is 4.90 Å². The van der Waals surface area contributed by atoms with Gasteiger partial charge >= 0.3 is 0 Å². The Morgan fingerprint density at radius 1 is 1.10 bits per heavy atom. The highest BCUT2D eigenvalue weighted by molar-refractivity contribution is 6.35. The molecule has 1 aliphatic heterocycles. The van der Waals surface area contributed by atoms with E-state index in [0.29, 0.717) is 5.54 Å². The molecule has 0 radical (unpaired) electrons. The standard InChI is InChI=1S/C16H22Cl2N2/c17-14-5-4-6-15(18)13(14)11-20-10-9-19-12-16(20)7-2-1-3-8-16/h4-6,19H,1-3,7-12H2. The van der Waals surface area contributed by atoms with Crippen molar-refractivity contribution < 1.29 is 0 Å². The summed E-state index contributed by atoms with van der Waals surface area (Å²) in [4.78, 5) is 2.62. The first-order chi connectivity index (χ1) is 9.71. The number of nitrogens with one attached hydrogen (secondary N) is 1. The van der Waals surface area contributed by atoms with E-state index >= 15 is 0 Å². The summed E-state index contributed by atoms with van der Waals surface area (Å²) in [5.74, 6) is 0. The van der Waals surface area contributed by atoms with Gasteiger partial charge in [-0.2, -0.15) is 0 Å². The van der Waals surface area contributed by atoms with Crippen LogP contribution in [0.2, 0.25) is 10.0 Å². The monoisotopic (exact) mass is 312 g/mol. The molecule has 1 aliphatic carbocycles. The molecule has 1 N–H and O–H groups in total. The number of nitrogens with zero attached hydrogens (tertiary/aromatic N) is 1. The van der Waals surface area contributed by atoms with Gasteiger partial charge in [-0.15, -0.1) is 0 Å². The molecule has 2 aliphatic rings. The summed E-state index contributed by atoms with van der Waals surface area (Å²) in [7, 11) is 0. The van der Waals surface area contributed by atoms with E-state index in [2.05, 4.69) is 10.2 Å². The fourth-order valence-corrected chi connectivity index (χ4v) is 4.22. The highest BCUT2D eigenvalue weighted by Crippen LogP contribution is 2.37. The molecule has 1 aromatic carbocycles. The molecular weight excluding hydrogens is 291 g/mol. The molecule has 1 heterocycles. The number of rotatable bonds is 2. The normalized spacial score (nSPS) is 23.1. The SMILES string of the molecule is Clc1cccc(Cl)c1CN1CCNCC12CCCCC2. The third-order valence-electron chi connectivity index (χ3n) is 4.88. The Labute approximate surface area is 131 Å². The molecule has 110 valence electrons. The number of piperazine rings is 1. The van der Waals surface area contributed by atoms with Crippen LogP contribution in [0, 0.1) is 0 Å². The molecule has 20 heavy (non-hydrogen) atoms. The van der Waals surface area contributed by atoms with Crippen LogP contribution in [0.4, 0.5) is 0 Å². The Hall–Kier alpha value is -0.280. The van der Waals surface area contributed by atoms with Crippen LogP contribution in [0.25, 0.3) is 0 Å². The maximum absolute atomic E-state index is 6.35. The molecule has 2 fully saturated rings. The fourth-order valence-electron chi connectivity index (χ4n) is 3.71. The molecule has 4 heteroatoms. The summed E-state index contributed by atoms with van der Waals surface area (Å²) in [6.07, 6.45) is 6.65. The van der Waals surface area contributed by atoms with E-state index in [9.17, 15) is 0 Å². The lowest BCUT2D eigenvalue weighted by molar-refractivity contribution is 0.0209. The molecule has 2 nitrogen and oxygen atoms in total. The lowest BCUT2D eigenvalue weighted by Gasteiger charge is -2.50. The third kappa shape index (κ3) is 2.85. The molecule has 1 spiro atoms. The summed E-state index contributed by atoms with van der Waals surface area (Å²) >= 11 is 12.7. The molecule has 3 rings (SSSR count). The third-order valence-corrected chi connectivity index (χ3v) is 5.59. The van der Waals surface area contributed by atoms with E-state index in [0.717, 1.165) is 41.8 Å². The minimum atomic E-state index is 0.318. The Bertz CT molecular complexity index is 441. The number of benzene rings is 1. The number of hydrogen-bond donors (Lipinski definition) is 1. The maximum atomic E-state index is 6.35. The second-order valence-corrected chi connectivity index (χ2v) is 6.90. The Balaban J connectivity index is 1.83. The van der Waals surface area contributed by atoms with Crippen molar-refractivity contribution >= 4 is 23.2 Å². The van der Waals surface area contributed by atoms with Gasteiger partial charge in [-0.1, -0.05) is 48.5 Å². The summed E-state index contributed by atoms with van der Waals surface area (Å²) in [5.41, 5.74) is 1.40. The minimum absolute atomic E-state index is 0.318. The lowest BCUT2D eigenvalue weighted by atomic mass is 9.79. The van der Waals surface area contributed by atoms with Crippen LogP contribution in [0.1, 0.15) is 37.7 Å². The van der Waals surface area contributed by atoms with E-state index in [4.69, 9.17) is 23.2 Å². The predicted molar refractivity (Wildman–Crippen MR) is 85.6 cm³/mol. The van der Waals surface area contributed by atoms with Crippen molar-refractivity contribution in [1.29, 1.82) is 0 Å². The van der Waals surface area contributed by atoms with Crippen LogP contribution in [0.3, 0.4) is 0 Å². The zero-order chi connectivity index (χ0) is 14.0. The van der Waals surface area contributed by atoms with Gasteiger partial charge in [0.15, 0.2) is 0 Å². The smallest absolute Gasteiger partial charge is 0.0465 e. The van der Waals surface area contributed by atoms with E-state index in [1.54, 1.807) is 0 Å². The van der Waals surface area contributed by atoms with Gasteiger partial charge in [0.05, 0.1) is 0 Å². The van der Waals surface area contributed by atoms with Crippen molar-refractivity contribution in [3.8, 4) is 0 Å². The average molecular weight is 313 g/mol. The first-order valence-corrected chi connectivity index (χ1v) is 8.36. The van der Waals surface area contributed by atoms with Gasteiger partial charge in [0.2, 0.25) is 0 Å². The maximum Gasteiger partial charge on any atom is 0.0465 e. The van der Waals surface area contributed by atoms with Crippen LogP contribution >= 0.6 is 23.2 Å². The predicted octanol–water partition coefficient (Wildman–Crippen LogP) is 4.10. The molecule has 0 amide bonds. The summed E-state index contributed by atoms with van der Waals surface area (Å²) in [6.45, 7) is 4.13. The first-order valence-electron chi connectivity index (χ1n) is 7.60. The van der Waals surface area contributed by atoms with Gasteiger partial charge in [0.1, 0.15) is 0 Å². The summed E-state index contributed by atoms with van der Waals surface area (Å²) in [6, 6.07) is 5.80. The average Bonchev–Trinajstić information content (AvgIpc) is 2.46. The van der Waals surface area contributed by atoms with Crippen molar-refractivity contribution in [2.75, 3.05) is 19.6 Å². The fraction of sp³-hybridized carbons (Fsp3) is 0.625. The van der Waals surface area contributed by atoms with Crippen molar-refractivity contribution in [2.24, 2.45) is 0 Å². The van der Waals surface area contributed by atoms with Gasteiger partial charge in [-0.05, 0) is 25.0 Å².